The van der Waals surface area contributed by atoms with E-state index in [4.69, 9.17) is 10.00 Å². The number of hydrogen-bond donors (Lipinski definition) is 1. The van der Waals surface area contributed by atoms with Crippen molar-refractivity contribution < 1.29 is 9.84 Å². The molecule has 0 aliphatic heterocycles. The topological polar surface area (TPSA) is 71.1 Å². The second-order valence-corrected chi connectivity index (χ2v) is 5.33. The van der Waals surface area contributed by atoms with Crippen molar-refractivity contribution in [1.82, 2.24) is 9.55 Å². The Bertz CT molecular complexity index is 818. The Hall–Kier alpha value is -2.84. The molecule has 0 unspecified atom stereocenters. The molecule has 0 fully saturated rings. The van der Waals surface area contributed by atoms with E-state index in [1.807, 2.05) is 53.1 Å². The highest BCUT2D eigenvalue weighted by atomic mass is 16.5. The van der Waals surface area contributed by atoms with Gasteiger partial charge in [-0.15, -0.1) is 0 Å². The van der Waals surface area contributed by atoms with Gasteiger partial charge in [0.2, 0.25) is 0 Å². The second-order valence-electron chi connectivity index (χ2n) is 5.33. The number of aromatic nitrogens is 2. The molecule has 0 saturated carbocycles. The molecule has 0 bridgehead atoms. The van der Waals surface area contributed by atoms with Crippen LogP contribution in [0.5, 0.6) is 5.75 Å². The Balaban J connectivity index is 1.57. The number of rotatable bonds is 6. The molecule has 116 valence electrons. The predicted octanol–water partition coefficient (Wildman–Crippen LogP) is 2.54. The zero-order valence-corrected chi connectivity index (χ0v) is 12.6. The van der Waals surface area contributed by atoms with Gasteiger partial charge >= 0.3 is 0 Å². The van der Waals surface area contributed by atoms with Crippen LogP contribution in [0.25, 0.3) is 11.0 Å². The molecule has 23 heavy (non-hydrogen) atoms. The molecule has 1 heterocycles. The van der Waals surface area contributed by atoms with Crippen LogP contribution in [0.4, 0.5) is 0 Å². The van der Waals surface area contributed by atoms with Crippen molar-refractivity contribution in [2.75, 3.05) is 6.61 Å². The van der Waals surface area contributed by atoms with Gasteiger partial charge in [-0.25, -0.2) is 4.98 Å². The first-order valence-electron chi connectivity index (χ1n) is 7.43. The highest BCUT2D eigenvalue weighted by molar-refractivity contribution is 5.74. The fourth-order valence-electron chi connectivity index (χ4n) is 2.42. The summed E-state index contributed by atoms with van der Waals surface area (Å²) < 4.78 is 7.51. The Morgan fingerprint density at radius 2 is 1.96 bits per heavy atom. The maximum absolute atomic E-state index is 10.2. The molecule has 1 atom stereocenters. The zero-order chi connectivity index (χ0) is 16.1. The number of imidazole rings is 1. The highest BCUT2D eigenvalue weighted by Crippen LogP contribution is 2.14. The van der Waals surface area contributed by atoms with Gasteiger partial charge in [0.1, 0.15) is 18.5 Å². The third-order valence-corrected chi connectivity index (χ3v) is 3.58. The maximum atomic E-state index is 10.2. The number of benzene rings is 2. The summed E-state index contributed by atoms with van der Waals surface area (Å²) in [6.45, 7) is 0.622. The Kier molecular flexibility index (Phi) is 4.55. The summed E-state index contributed by atoms with van der Waals surface area (Å²) in [6.07, 6.45) is 1.48. The van der Waals surface area contributed by atoms with E-state index < -0.39 is 6.10 Å². The zero-order valence-electron chi connectivity index (χ0n) is 12.6. The molecule has 3 rings (SSSR count). The molecule has 5 nitrogen and oxygen atoms in total. The number of aliphatic hydroxyl groups is 1. The lowest BCUT2D eigenvalue weighted by Crippen LogP contribution is -2.23. The minimum absolute atomic E-state index is 0.199. The van der Waals surface area contributed by atoms with E-state index in [-0.39, 0.29) is 6.61 Å². The van der Waals surface area contributed by atoms with Crippen molar-refractivity contribution in [3.63, 3.8) is 0 Å². The van der Waals surface area contributed by atoms with Crippen molar-refractivity contribution in [1.29, 1.82) is 5.26 Å². The van der Waals surface area contributed by atoms with E-state index >= 15 is 0 Å². The molecule has 1 N–H and O–H groups in total. The number of nitriles is 1. The smallest absolute Gasteiger partial charge is 0.119 e. The number of para-hydroxylation sites is 2. The lowest BCUT2D eigenvalue weighted by atomic mass is 10.2. The molecule has 0 aliphatic rings. The number of nitrogens with zero attached hydrogens (tertiary/aromatic N) is 3. The van der Waals surface area contributed by atoms with E-state index in [9.17, 15) is 5.11 Å². The molecule has 3 aromatic rings. The average Bonchev–Trinajstić information content (AvgIpc) is 2.98. The molecule has 5 heteroatoms. The fourth-order valence-corrected chi connectivity index (χ4v) is 2.42. The van der Waals surface area contributed by atoms with Crippen LogP contribution in [-0.4, -0.2) is 27.4 Å². The number of ether oxygens (including phenoxy) is 1. The van der Waals surface area contributed by atoms with Crippen molar-refractivity contribution >= 4 is 11.0 Å². The van der Waals surface area contributed by atoms with Crippen molar-refractivity contribution in [3.8, 4) is 11.8 Å². The Labute approximate surface area is 134 Å². The van der Waals surface area contributed by atoms with Crippen LogP contribution in [0, 0.1) is 11.3 Å². The molecular formula is C18H17N3O2. The number of aliphatic hydroxyl groups excluding tert-OH is 1. The summed E-state index contributed by atoms with van der Waals surface area (Å²) in [5.41, 5.74) is 2.85. The first-order valence-corrected chi connectivity index (χ1v) is 7.43. The molecular weight excluding hydrogens is 290 g/mol. The van der Waals surface area contributed by atoms with Gasteiger partial charge in [0.15, 0.2) is 0 Å². The van der Waals surface area contributed by atoms with Crippen LogP contribution in [0.1, 0.15) is 5.56 Å². The van der Waals surface area contributed by atoms with E-state index in [0.717, 1.165) is 16.6 Å². The monoisotopic (exact) mass is 307 g/mol. The summed E-state index contributed by atoms with van der Waals surface area (Å²) in [7, 11) is 0. The number of fused-ring (bicyclic) bond motifs is 1. The largest absolute Gasteiger partial charge is 0.491 e. The summed E-state index contributed by atoms with van der Waals surface area (Å²) >= 11 is 0. The molecule has 0 spiro atoms. The van der Waals surface area contributed by atoms with Crippen LogP contribution in [0.3, 0.4) is 0 Å². The van der Waals surface area contributed by atoms with Gasteiger partial charge in [-0.2, -0.15) is 5.26 Å². The lowest BCUT2D eigenvalue weighted by molar-refractivity contribution is 0.0934. The Morgan fingerprint density at radius 3 is 2.74 bits per heavy atom. The van der Waals surface area contributed by atoms with E-state index in [0.29, 0.717) is 18.7 Å². The van der Waals surface area contributed by atoms with Crippen LogP contribution >= 0.6 is 0 Å². The second kappa shape index (κ2) is 6.95. The summed E-state index contributed by atoms with van der Waals surface area (Å²) in [6, 6.07) is 17.2. The molecule has 0 saturated heterocycles. The standard InChI is InChI=1S/C18H17N3O2/c19-10-9-14-5-7-16(8-6-14)23-12-15(22)11-21-13-20-17-3-1-2-4-18(17)21/h1-8,13,15,22H,9,11-12H2/t15-/m1/s1. The molecule has 0 radical (unpaired) electrons. The third kappa shape index (κ3) is 3.68. The van der Waals surface area contributed by atoms with E-state index in [1.165, 1.54) is 0 Å². The molecule has 0 aliphatic carbocycles. The third-order valence-electron chi connectivity index (χ3n) is 3.58. The van der Waals surface area contributed by atoms with Gasteiger partial charge in [-0.05, 0) is 29.8 Å². The van der Waals surface area contributed by atoms with Crippen LogP contribution in [-0.2, 0) is 13.0 Å². The summed E-state index contributed by atoms with van der Waals surface area (Å²) in [5.74, 6) is 0.682. The van der Waals surface area contributed by atoms with Gasteiger partial charge in [0.25, 0.3) is 0 Å². The van der Waals surface area contributed by atoms with Crippen LogP contribution in [0.15, 0.2) is 54.9 Å². The highest BCUT2D eigenvalue weighted by Gasteiger charge is 2.09. The lowest BCUT2D eigenvalue weighted by Gasteiger charge is -2.13. The molecule has 1 aromatic heterocycles. The SMILES string of the molecule is N#CCc1ccc(OC[C@H](O)Cn2cnc3ccccc32)cc1. The van der Waals surface area contributed by atoms with Gasteiger partial charge in [-0.3, -0.25) is 0 Å². The summed E-state index contributed by atoms with van der Waals surface area (Å²) in [5, 5.41) is 18.8. The van der Waals surface area contributed by atoms with Crippen molar-refractivity contribution in [2.24, 2.45) is 0 Å². The first kappa shape index (κ1) is 15.1. The fraction of sp³-hybridized carbons (Fsp3) is 0.222. The van der Waals surface area contributed by atoms with Crippen LogP contribution in [0.2, 0.25) is 0 Å². The van der Waals surface area contributed by atoms with Gasteiger partial charge < -0.3 is 14.4 Å². The minimum Gasteiger partial charge on any atom is -0.491 e. The average molecular weight is 307 g/mol. The first-order chi connectivity index (χ1) is 11.3. The van der Waals surface area contributed by atoms with Crippen LogP contribution < -0.4 is 4.74 Å². The maximum Gasteiger partial charge on any atom is 0.119 e. The van der Waals surface area contributed by atoms with Gasteiger partial charge in [0.05, 0.1) is 36.4 Å². The van der Waals surface area contributed by atoms with Gasteiger partial charge in [0, 0.05) is 0 Å². The van der Waals surface area contributed by atoms with E-state index in [1.54, 1.807) is 6.33 Å². The quantitative estimate of drug-likeness (QED) is 0.759. The Morgan fingerprint density at radius 1 is 1.17 bits per heavy atom. The normalized spacial score (nSPS) is 12.0. The predicted molar refractivity (Wildman–Crippen MR) is 87.0 cm³/mol. The minimum atomic E-state index is -0.633. The number of hydrogen-bond acceptors (Lipinski definition) is 4. The molecule has 2 aromatic carbocycles. The van der Waals surface area contributed by atoms with Crippen molar-refractivity contribution in [3.05, 3.63) is 60.4 Å². The summed E-state index contributed by atoms with van der Waals surface area (Å²) in [4.78, 5) is 4.30. The van der Waals surface area contributed by atoms with Crippen molar-refractivity contribution in [2.45, 2.75) is 19.1 Å². The van der Waals surface area contributed by atoms with Gasteiger partial charge in [-0.1, -0.05) is 24.3 Å². The molecule has 0 amide bonds. The van der Waals surface area contributed by atoms with E-state index in [2.05, 4.69) is 11.1 Å².